The van der Waals surface area contributed by atoms with Crippen LogP contribution in [0.15, 0.2) is 12.7 Å². The van der Waals surface area contributed by atoms with Crippen molar-refractivity contribution in [2.24, 2.45) is 22.7 Å². The van der Waals surface area contributed by atoms with Gasteiger partial charge in [0.25, 0.3) is 0 Å². The summed E-state index contributed by atoms with van der Waals surface area (Å²) in [6.07, 6.45) is 7.72. The zero-order valence-corrected chi connectivity index (χ0v) is 9.27. The highest BCUT2D eigenvalue weighted by Crippen LogP contribution is 2.68. The van der Waals surface area contributed by atoms with Crippen LogP contribution in [0.2, 0.25) is 0 Å². The number of hydrogen-bond donors (Lipinski definition) is 0. The van der Waals surface area contributed by atoms with Gasteiger partial charge >= 0.3 is 0 Å². The number of hydrogen-bond acceptors (Lipinski definition) is 0. The molecule has 2 aliphatic rings. The van der Waals surface area contributed by atoms with Gasteiger partial charge in [-0.3, -0.25) is 0 Å². The lowest BCUT2D eigenvalue weighted by molar-refractivity contribution is 0.104. The van der Waals surface area contributed by atoms with Crippen molar-refractivity contribution in [2.45, 2.75) is 46.5 Å². The average molecular weight is 178 g/mol. The maximum atomic E-state index is 3.89. The SMILES string of the molecule is C=CCC1CC2CCC1(C)C2(C)C. The molecule has 0 aromatic carbocycles. The van der Waals surface area contributed by atoms with Crippen LogP contribution in [0.5, 0.6) is 0 Å². The molecule has 2 aliphatic carbocycles. The van der Waals surface area contributed by atoms with Crippen LogP contribution in [0, 0.1) is 22.7 Å². The minimum absolute atomic E-state index is 0.584. The second kappa shape index (κ2) is 2.62. The largest absolute Gasteiger partial charge is 0.103 e. The molecule has 0 nitrogen and oxygen atoms in total. The molecule has 0 heteroatoms. The average Bonchev–Trinajstić information content (AvgIpc) is 2.37. The molecule has 0 radical (unpaired) electrons. The Hall–Kier alpha value is -0.260. The quantitative estimate of drug-likeness (QED) is 0.560. The predicted molar refractivity (Wildman–Crippen MR) is 57.5 cm³/mol. The summed E-state index contributed by atoms with van der Waals surface area (Å²) in [5, 5.41) is 0. The van der Waals surface area contributed by atoms with Crippen LogP contribution >= 0.6 is 0 Å². The van der Waals surface area contributed by atoms with E-state index in [0.29, 0.717) is 10.8 Å². The van der Waals surface area contributed by atoms with Crippen LogP contribution in [0.3, 0.4) is 0 Å². The highest BCUT2D eigenvalue weighted by atomic mass is 14.6. The molecule has 3 unspecified atom stereocenters. The summed E-state index contributed by atoms with van der Waals surface area (Å²) in [5.74, 6) is 1.90. The minimum atomic E-state index is 0.584. The topological polar surface area (TPSA) is 0 Å². The summed E-state index contributed by atoms with van der Waals surface area (Å²) in [4.78, 5) is 0. The fraction of sp³-hybridized carbons (Fsp3) is 0.846. The van der Waals surface area contributed by atoms with E-state index < -0.39 is 0 Å². The molecular weight excluding hydrogens is 156 g/mol. The first-order valence-electron chi connectivity index (χ1n) is 5.63. The van der Waals surface area contributed by atoms with Gasteiger partial charge < -0.3 is 0 Å². The molecule has 74 valence electrons. The molecule has 0 aromatic rings. The Labute approximate surface area is 82.4 Å². The lowest BCUT2D eigenvalue weighted by Gasteiger charge is -2.39. The van der Waals surface area contributed by atoms with Crippen molar-refractivity contribution in [3.05, 3.63) is 12.7 Å². The van der Waals surface area contributed by atoms with Gasteiger partial charge in [-0.1, -0.05) is 26.8 Å². The van der Waals surface area contributed by atoms with E-state index in [4.69, 9.17) is 0 Å². The molecule has 0 aromatic heterocycles. The van der Waals surface area contributed by atoms with Crippen molar-refractivity contribution in [1.29, 1.82) is 0 Å². The third kappa shape index (κ3) is 0.978. The fourth-order valence-corrected chi connectivity index (χ4v) is 3.93. The van der Waals surface area contributed by atoms with Crippen molar-refractivity contribution in [3.63, 3.8) is 0 Å². The van der Waals surface area contributed by atoms with Gasteiger partial charge in [-0.15, -0.1) is 6.58 Å². The molecule has 2 bridgehead atoms. The highest BCUT2D eigenvalue weighted by molar-refractivity contribution is 5.10. The van der Waals surface area contributed by atoms with Gasteiger partial charge in [0.2, 0.25) is 0 Å². The summed E-state index contributed by atoms with van der Waals surface area (Å²) < 4.78 is 0. The van der Waals surface area contributed by atoms with E-state index in [-0.39, 0.29) is 0 Å². The fourth-order valence-electron chi connectivity index (χ4n) is 3.93. The van der Waals surface area contributed by atoms with E-state index in [1.165, 1.54) is 25.7 Å². The third-order valence-corrected chi connectivity index (χ3v) is 5.43. The first-order valence-corrected chi connectivity index (χ1v) is 5.63. The van der Waals surface area contributed by atoms with Crippen molar-refractivity contribution >= 4 is 0 Å². The molecule has 0 saturated heterocycles. The van der Waals surface area contributed by atoms with Gasteiger partial charge in [0.15, 0.2) is 0 Å². The van der Waals surface area contributed by atoms with Gasteiger partial charge in [-0.2, -0.15) is 0 Å². The monoisotopic (exact) mass is 178 g/mol. The van der Waals surface area contributed by atoms with Crippen LogP contribution in [0.1, 0.15) is 46.5 Å². The minimum Gasteiger partial charge on any atom is -0.103 e. The lowest BCUT2D eigenvalue weighted by Crippen LogP contribution is -2.31. The second-order valence-electron chi connectivity index (χ2n) is 5.83. The van der Waals surface area contributed by atoms with E-state index in [0.717, 1.165) is 11.8 Å². The molecule has 0 amide bonds. The molecule has 2 fully saturated rings. The van der Waals surface area contributed by atoms with Crippen molar-refractivity contribution < 1.29 is 0 Å². The van der Waals surface area contributed by atoms with Gasteiger partial charge in [0.05, 0.1) is 0 Å². The Kier molecular flexibility index (Phi) is 1.87. The van der Waals surface area contributed by atoms with Crippen LogP contribution in [0.25, 0.3) is 0 Å². The van der Waals surface area contributed by atoms with Crippen molar-refractivity contribution in [3.8, 4) is 0 Å². The molecule has 2 rings (SSSR count). The Bertz CT molecular complexity index is 226. The lowest BCUT2D eigenvalue weighted by atomic mass is 9.66. The smallest absolute Gasteiger partial charge is 0.0240 e. The summed E-state index contributed by atoms with van der Waals surface area (Å²) >= 11 is 0. The molecule has 0 aliphatic heterocycles. The van der Waals surface area contributed by atoms with Crippen LogP contribution in [-0.4, -0.2) is 0 Å². The molecule has 3 atom stereocenters. The normalized spacial score (nSPS) is 46.7. The molecule has 0 spiro atoms. The predicted octanol–water partition coefficient (Wildman–Crippen LogP) is 4.02. The van der Waals surface area contributed by atoms with Crippen LogP contribution in [-0.2, 0) is 0 Å². The van der Waals surface area contributed by atoms with Crippen molar-refractivity contribution in [2.75, 3.05) is 0 Å². The first-order chi connectivity index (χ1) is 6.02. The van der Waals surface area contributed by atoms with E-state index >= 15 is 0 Å². The summed E-state index contributed by atoms with van der Waals surface area (Å²) in [5.41, 5.74) is 1.19. The molecule has 0 heterocycles. The van der Waals surface area contributed by atoms with Gasteiger partial charge in [0.1, 0.15) is 0 Å². The third-order valence-electron chi connectivity index (χ3n) is 5.43. The number of fused-ring (bicyclic) bond motifs is 2. The van der Waals surface area contributed by atoms with Crippen molar-refractivity contribution in [1.82, 2.24) is 0 Å². The Morgan fingerprint density at radius 3 is 2.46 bits per heavy atom. The van der Waals surface area contributed by atoms with Gasteiger partial charge in [-0.25, -0.2) is 0 Å². The maximum Gasteiger partial charge on any atom is -0.0240 e. The molecular formula is C13H22. The second-order valence-corrected chi connectivity index (χ2v) is 5.83. The van der Waals surface area contributed by atoms with Crippen LogP contribution in [0.4, 0.5) is 0 Å². The number of rotatable bonds is 2. The zero-order valence-electron chi connectivity index (χ0n) is 9.27. The number of allylic oxidation sites excluding steroid dienone is 1. The summed E-state index contributed by atoms with van der Waals surface area (Å²) in [7, 11) is 0. The first kappa shape index (κ1) is 9.30. The van der Waals surface area contributed by atoms with E-state index in [9.17, 15) is 0 Å². The standard InChI is InChI=1S/C13H22/c1-5-6-11-9-10-7-8-13(11,4)12(10,2)3/h5,10-11H,1,6-9H2,2-4H3. The maximum absolute atomic E-state index is 3.89. The highest BCUT2D eigenvalue weighted by Gasteiger charge is 2.60. The Balaban J connectivity index is 2.27. The van der Waals surface area contributed by atoms with Gasteiger partial charge in [0, 0.05) is 0 Å². The molecule has 0 N–H and O–H groups in total. The summed E-state index contributed by atoms with van der Waals surface area (Å²) in [6, 6.07) is 0. The Morgan fingerprint density at radius 2 is 2.08 bits per heavy atom. The van der Waals surface area contributed by atoms with Crippen LogP contribution < -0.4 is 0 Å². The molecule has 13 heavy (non-hydrogen) atoms. The summed E-state index contributed by atoms with van der Waals surface area (Å²) in [6.45, 7) is 11.4. The Morgan fingerprint density at radius 1 is 1.38 bits per heavy atom. The van der Waals surface area contributed by atoms with E-state index in [2.05, 4.69) is 33.4 Å². The van der Waals surface area contributed by atoms with E-state index in [1.807, 2.05) is 0 Å². The van der Waals surface area contributed by atoms with Gasteiger partial charge in [-0.05, 0) is 48.3 Å². The molecule has 2 saturated carbocycles. The zero-order chi connectivity index (χ0) is 9.69. The van der Waals surface area contributed by atoms with E-state index in [1.54, 1.807) is 0 Å².